The van der Waals surface area contributed by atoms with E-state index in [9.17, 15) is 5.11 Å². The van der Waals surface area contributed by atoms with Crippen LogP contribution in [0, 0.1) is 5.92 Å². The molecule has 2 rings (SSSR count). The standard InChI is InChI=1S/C13H23N3O2/c1-15-9-5-14-13(15)4-8-16-6-2-11(3-7-16)12(18)10-17/h5,9,11-12,17-18H,2-4,6-8,10H2,1H3. The molecule has 5 nitrogen and oxygen atoms in total. The largest absolute Gasteiger partial charge is 0.394 e. The fourth-order valence-electron chi connectivity index (χ4n) is 2.61. The molecule has 1 aliphatic heterocycles. The van der Waals surface area contributed by atoms with Crippen LogP contribution in [-0.2, 0) is 13.5 Å². The monoisotopic (exact) mass is 253 g/mol. The average Bonchev–Trinajstić information content (AvgIpc) is 2.81. The van der Waals surface area contributed by atoms with Crippen molar-refractivity contribution in [3.05, 3.63) is 18.2 Å². The maximum Gasteiger partial charge on any atom is 0.109 e. The van der Waals surface area contributed by atoms with Crippen LogP contribution in [0.4, 0.5) is 0 Å². The van der Waals surface area contributed by atoms with Crippen LogP contribution in [0.1, 0.15) is 18.7 Å². The Morgan fingerprint density at radius 2 is 2.17 bits per heavy atom. The second kappa shape index (κ2) is 6.31. The lowest BCUT2D eigenvalue weighted by Gasteiger charge is -2.33. The molecule has 18 heavy (non-hydrogen) atoms. The van der Waals surface area contributed by atoms with E-state index in [2.05, 4.69) is 14.5 Å². The van der Waals surface area contributed by atoms with Crippen molar-refractivity contribution < 1.29 is 10.2 Å². The van der Waals surface area contributed by atoms with E-state index in [1.165, 1.54) is 0 Å². The summed E-state index contributed by atoms with van der Waals surface area (Å²) >= 11 is 0. The zero-order valence-corrected chi connectivity index (χ0v) is 11.0. The van der Waals surface area contributed by atoms with Crippen molar-refractivity contribution in [2.24, 2.45) is 13.0 Å². The van der Waals surface area contributed by atoms with Gasteiger partial charge in [-0.15, -0.1) is 0 Å². The summed E-state index contributed by atoms with van der Waals surface area (Å²) in [4.78, 5) is 6.73. The Morgan fingerprint density at radius 3 is 2.72 bits per heavy atom. The van der Waals surface area contributed by atoms with Gasteiger partial charge in [-0.3, -0.25) is 0 Å². The third-order valence-corrected chi connectivity index (χ3v) is 3.94. The molecule has 0 saturated carbocycles. The molecular formula is C13H23N3O2. The Balaban J connectivity index is 1.72. The number of hydrogen-bond acceptors (Lipinski definition) is 4. The Labute approximate surface area is 108 Å². The number of piperidine rings is 1. The molecule has 0 spiro atoms. The smallest absolute Gasteiger partial charge is 0.109 e. The van der Waals surface area contributed by atoms with Gasteiger partial charge in [-0.05, 0) is 31.8 Å². The van der Waals surface area contributed by atoms with Crippen molar-refractivity contribution in [3.63, 3.8) is 0 Å². The molecule has 0 radical (unpaired) electrons. The van der Waals surface area contributed by atoms with Crippen molar-refractivity contribution in [3.8, 4) is 0 Å². The summed E-state index contributed by atoms with van der Waals surface area (Å²) in [6.45, 7) is 2.92. The van der Waals surface area contributed by atoms with Gasteiger partial charge in [-0.1, -0.05) is 0 Å². The number of aliphatic hydroxyl groups excluding tert-OH is 2. The van der Waals surface area contributed by atoms with E-state index >= 15 is 0 Å². The zero-order chi connectivity index (χ0) is 13.0. The molecule has 2 N–H and O–H groups in total. The Bertz CT molecular complexity index is 359. The first kappa shape index (κ1) is 13.5. The third-order valence-electron chi connectivity index (χ3n) is 3.94. The number of imidazole rings is 1. The minimum atomic E-state index is -0.540. The lowest BCUT2D eigenvalue weighted by atomic mass is 9.91. The fourth-order valence-corrected chi connectivity index (χ4v) is 2.61. The lowest BCUT2D eigenvalue weighted by Crippen LogP contribution is -2.39. The van der Waals surface area contributed by atoms with E-state index in [1.54, 1.807) is 0 Å². The lowest BCUT2D eigenvalue weighted by molar-refractivity contribution is 0.0185. The van der Waals surface area contributed by atoms with Gasteiger partial charge in [-0.25, -0.2) is 4.98 Å². The summed E-state index contributed by atoms with van der Waals surface area (Å²) in [5.74, 6) is 1.38. The van der Waals surface area contributed by atoms with Gasteiger partial charge in [0.05, 0.1) is 12.7 Å². The van der Waals surface area contributed by atoms with Crippen molar-refractivity contribution in [2.75, 3.05) is 26.2 Å². The molecule has 1 aromatic rings. The first-order valence-electron chi connectivity index (χ1n) is 6.68. The van der Waals surface area contributed by atoms with Gasteiger partial charge in [0, 0.05) is 32.4 Å². The second-order valence-electron chi connectivity index (χ2n) is 5.13. The minimum absolute atomic E-state index is 0.113. The Kier molecular flexibility index (Phi) is 4.74. The number of aryl methyl sites for hydroxylation is 1. The first-order valence-corrected chi connectivity index (χ1v) is 6.68. The highest BCUT2D eigenvalue weighted by atomic mass is 16.3. The maximum atomic E-state index is 9.60. The number of hydrogen-bond donors (Lipinski definition) is 2. The quantitative estimate of drug-likeness (QED) is 0.777. The van der Waals surface area contributed by atoms with Crippen LogP contribution in [0.5, 0.6) is 0 Å². The topological polar surface area (TPSA) is 61.5 Å². The van der Waals surface area contributed by atoms with Crippen molar-refractivity contribution in [1.82, 2.24) is 14.5 Å². The summed E-state index contributed by atoms with van der Waals surface area (Å²) in [5, 5.41) is 18.5. The molecule has 2 heterocycles. The summed E-state index contributed by atoms with van der Waals surface area (Å²) in [5.41, 5.74) is 0. The normalized spacial score (nSPS) is 20.2. The number of nitrogens with zero attached hydrogens (tertiary/aromatic N) is 3. The summed E-state index contributed by atoms with van der Waals surface area (Å²) < 4.78 is 2.06. The van der Waals surface area contributed by atoms with Crippen molar-refractivity contribution in [2.45, 2.75) is 25.4 Å². The van der Waals surface area contributed by atoms with Crippen LogP contribution in [0.15, 0.2) is 12.4 Å². The van der Waals surface area contributed by atoms with Gasteiger partial charge in [0.2, 0.25) is 0 Å². The molecule has 0 amide bonds. The fraction of sp³-hybridized carbons (Fsp3) is 0.769. The molecule has 5 heteroatoms. The number of aliphatic hydroxyl groups is 2. The highest BCUT2D eigenvalue weighted by Gasteiger charge is 2.24. The molecular weight excluding hydrogens is 230 g/mol. The molecule has 0 bridgehead atoms. The van der Waals surface area contributed by atoms with Gasteiger partial charge in [-0.2, -0.15) is 0 Å². The van der Waals surface area contributed by atoms with Crippen molar-refractivity contribution in [1.29, 1.82) is 0 Å². The highest BCUT2D eigenvalue weighted by molar-refractivity contribution is 4.92. The van der Waals surface area contributed by atoms with E-state index in [0.717, 1.165) is 44.7 Å². The van der Waals surface area contributed by atoms with Crippen LogP contribution >= 0.6 is 0 Å². The summed E-state index contributed by atoms with van der Waals surface area (Å²) in [6, 6.07) is 0. The maximum absolute atomic E-state index is 9.60. The van der Waals surface area contributed by atoms with Gasteiger partial charge in [0.1, 0.15) is 5.82 Å². The van der Waals surface area contributed by atoms with Gasteiger partial charge < -0.3 is 19.7 Å². The summed E-state index contributed by atoms with van der Waals surface area (Å²) in [7, 11) is 2.02. The van der Waals surface area contributed by atoms with Crippen LogP contribution in [0.3, 0.4) is 0 Å². The van der Waals surface area contributed by atoms with E-state index in [1.807, 2.05) is 19.4 Å². The van der Waals surface area contributed by atoms with Gasteiger partial charge in [0.15, 0.2) is 0 Å². The van der Waals surface area contributed by atoms with Crippen molar-refractivity contribution >= 4 is 0 Å². The number of rotatable bonds is 5. The SMILES string of the molecule is Cn1ccnc1CCN1CCC(C(O)CO)CC1. The molecule has 0 aliphatic carbocycles. The van der Waals surface area contributed by atoms with Crippen LogP contribution in [0.2, 0.25) is 0 Å². The highest BCUT2D eigenvalue weighted by Crippen LogP contribution is 2.20. The average molecular weight is 253 g/mol. The Hall–Kier alpha value is -0.910. The predicted molar refractivity (Wildman–Crippen MR) is 69.2 cm³/mol. The first-order chi connectivity index (χ1) is 8.70. The third kappa shape index (κ3) is 3.31. The number of likely N-dealkylation sites (tertiary alicyclic amines) is 1. The molecule has 1 atom stereocenters. The molecule has 1 aromatic heterocycles. The molecule has 0 aromatic carbocycles. The zero-order valence-electron chi connectivity index (χ0n) is 11.0. The molecule has 1 aliphatic rings. The van der Waals surface area contributed by atoms with E-state index in [4.69, 9.17) is 5.11 Å². The van der Waals surface area contributed by atoms with Crippen LogP contribution in [0.25, 0.3) is 0 Å². The van der Waals surface area contributed by atoms with E-state index in [0.29, 0.717) is 0 Å². The molecule has 1 unspecified atom stereocenters. The molecule has 102 valence electrons. The van der Waals surface area contributed by atoms with Crippen LogP contribution in [-0.4, -0.2) is 57.0 Å². The second-order valence-corrected chi connectivity index (χ2v) is 5.13. The van der Waals surface area contributed by atoms with E-state index in [-0.39, 0.29) is 12.5 Å². The summed E-state index contributed by atoms with van der Waals surface area (Å²) in [6.07, 6.45) is 6.18. The van der Waals surface area contributed by atoms with Crippen LogP contribution < -0.4 is 0 Å². The molecule has 1 fully saturated rings. The number of aromatic nitrogens is 2. The van der Waals surface area contributed by atoms with Gasteiger partial charge in [0.25, 0.3) is 0 Å². The van der Waals surface area contributed by atoms with Gasteiger partial charge >= 0.3 is 0 Å². The Morgan fingerprint density at radius 1 is 1.44 bits per heavy atom. The minimum Gasteiger partial charge on any atom is -0.394 e. The van der Waals surface area contributed by atoms with E-state index < -0.39 is 6.10 Å². The predicted octanol–water partition coefficient (Wildman–Crippen LogP) is 0.0278. The molecule has 1 saturated heterocycles.